The first-order valence-corrected chi connectivity index (χ1v) is 9.51. The first-order valence-electron chi connectivity index (χ1n) is 9.51. The maximum Gasteiger partial charge on any atom is 0.310 e. The molecule has 8 heteroatoms. The smallest absolute Gasteiger partial charge is 0.310 e. The molecule has 0 heterocycles. The molecular weight excluding hydrogens is 380 g/mol. The summed E-state index contributed by atoms with van der Waals surface area (Å²) in [6.45, 7) is 17.3. The van der Waals surface area contributed by atoms with E-state index in [1.54, 1.807) is 13.8 Å². The minimum atomic E-state index is -0.397. The number of carbonyl (C=O) groups is 4. The summed E-state index contributed by atoms with van der Waals surface area (Å²) in [7, 11) is 2.81. The van der Waals surface area contributed by atoms with Crippen molar-refractivity contribution >= 4 is 23.9 Å². The van der Waals surface area contributed by atoms with Crippen LogP contribution >= 0.6 is 0 Å². The summed E-state index contributed by atoms with van der Waals surface area (Å²) in [6.07, 6.45) is -0.794. The highest BCUT2D eigenvalue weighted by Crippen LogP contribution is 2.13. The Morgan fingerprint density at radius 3 is 1.14 bits per heavy atom. The van der Waals surface area contributed by atoms with Gasteiger partial charge in [0.1, 0.15) is 12.2 Å². The summed E-state index contributed by atoms with van der Waals surface area (Å²) in [6, 6.07) is 0. The van der Waals surface area contributed by atoms with E-state index in [0.29, 0.717) is 5.92 Å². The lowest BCUT2D eigenvalue weighted by Crippen LogP contribution is -2.29. The van der Waals surface area contributed by atoms with Gasteiger partial charge in [-0.15, -0.1) is 0 Å². The Morgan fingerprint density at radius 2 is 1.03 bits per heavy atom. The first kappa shape index (κ1) is 31.6. The topological polar surface area (TPSA) is 105 Å². The van der Waals surface area contributed by atoms with E-state index in [1.807, 2.05) is 41.5 Å². The Hall–Kier alpha value is -2.12. The van der Waals surface area contributed by atoms with Crippen LogP contribution in [-0.4, -0.2) is 50.3 Å². The summed E-state index contributed by atoms with van der Waals surface area (Å²) in [5, 5.41) is 0. The number of rotatable bonds is 5. The molecule has 0 amide bonds. The van der Waals surface area contributed by atoms with Gasteiger partial charge < -0.3 is 18.9 Å². The van der Waals surface area contributed by atoms with Crippen LogP contribution < -0.4 is 0 Å². The van der Waals surface area contributed by atoms with Crippen LogP contribution in [0.5, 0.6) is 0 Å². The molecule has 0 aliphatic heterocycles. The Morgan fingerprint density at radius 1 is 0.690 bits per heavy atom. The summed E-state index contributed by atoms with van der Waals surface area (Å²) in [5.41, 5.74) is -0.352. The molecule has 0 bridgehead atoms. The fourth-order valence-electron chi connectivity index (χ4n) is 1.48. The zero-order valence-corrected chi connectivity index (χ0v) is 20.1. The Labute approximate surface area is 175 Å². The van der Waals surface area contributed by atoms with Gasteiger partial charge in [0.05, 0.1) is 25.6 Å². The number of hydrogen-bond donors (Lipinski definition) is 0. The van der Waals surface area contributed by atoms with Crippen molar-refractivity contribution in [1.29, 1.82) is 0 Å². The molecule has 0 N–H and O–H groups in total. The highest BCUT2D eigenvalue weighted by Gasteiger charge is 2.21. The number of methoxy groups -OCH3 is 2. The number of esters is 4. The molecule has 0 aliphatic carbocycles. The van der Waals surface area contributed by atoms with Crippen LogP contribution in [0.4, 0.5) is 0 Å². The number of hydrogen-bond acceptors (Lipinski definition) is 8. The Bertz CT molecular complexity index is 485. The molecule has 3 unspecified atom stereocenters. The lowest BCUT2D eigenvalue weighted by atomic mass is 9.98. The van der Waals surface area contributed by atoms with Crippen molar-refractivity contribution in [3.8, 4) is 0 Å². The lowest BCUT2D eigenvalue weighted by Gasteiger charge is -2.18. The molecule has 3 atom stereocenters. The Kier molecular flexibility index (Phi) is 17.2. The maximum atomic E-state index is 10.7. The van der Waals surface area contributed by atoms with Crippen LogP contribution in [0.15, 0.2) is 0 Å². The lowest BCUT2D eigenvalue weighted by molar-refractivity contribution is -0.162. The van der Waals surface area contributed by atoms with Gasteiger partial charge >= 0.3 is 23.9 Å². The van der Waals surface area contributed by atoms with Gasteiger partial charge in [-0.3, -0.25) is 19.2 Å². The van der Waals surface area contributed by atoms with E-state index in [4.69, 9.17) is 9.47 Å². The van der Waals surface area contributed by atoms with Gasteiger partial charge in [-0.1, -0.05) is 20.8 Å². The molecule has 0 fully saturated rings. The van der Waals surface area contributed by atoms with Gasteiger partial charge in [-0.25, -0.2) is 0 Å². The quantitative estimate of drug-likeness (QED) is 0.491. The van der Waals surface area contributed by atoms with Crippen LogP contribution in [-0.2, 0) is 38.1 Å². The van der Waals surface area contributed by atoms with E-state index in [0.717, 1.165) is 0 Å². The number of carbonyl (C=O) groups excluding carboxylic acids is 4. The average Bonchev–Trinajstić information content (AvgIpc) is 2.58. The van der Waals surface area contributed by atoms with Crippen molar-refractivity contribution < 1.29 is 38.1 Å². The van der Waals surface area contributed by atoms with E-state index in [2.05, 4.69) is 9.47 Å². The van der Waals surface area contributed by atoms with Gasteiger partial charge in [0, 0.05) is 13.8 Å². The molecule has 0 aromatic carbocycles. The monoisotopic (exact) mass is 420 g/mol. The van der Waals surface area contributed by atoms with Crippen LogP contribution in [0.3, 0.4) is 0 Å². The molecule has 0 saturated carbocycles. The van der Waals surface area contributed by atoms with E-state index < -0.39 is 12.2 Å². The van der Waals surface area contributed by atoms with Crippen LogP contribution in [0, 0.1) is 17.3 Å². The maximum absolute atomic E-state index is 10.7. The van der Waals surface area contributed by atoms with Crippen LogP contribution in [0.25, 0.3) is 0 Å². The third kappa shape index (κ3) is 19.0. The number of ether oxygens (including phenoxy) is 4. The van der Waals surface area contributed by atoms with Gasteiger partial charge in [-0.2, -0.15) is 0 Å². The largest absolute Gasteiger partial charge is 0.469 e. The van der Waals surface area contributed by atoms with Gasteiger partial charge in [0.2, 0.25) is 0 Å². The molecular formula is C21H40O8. The zero-order valence-electron chi connectivity index (χ0n) is 20.1. The predicted octanol–water partition coefficient (Wildman–Crippen LogP) is 3.55. The molecule has 0 radical (unpaired) electrons. The summed E-state index contributed by atoms with van der Waals surface area (Å²) in [4.78, 5) is 42.3. The summed E-state index contributed by atoms with van der Waals surface area (Å²) < 4.78 is 18.6. The van der Waals surface area contributed by atoms with Gasteiger partial charge in [0.25, 0.3) is 0 Å². The average molecular weight is 421 g/mol. The molecule has 29 heavy (non-hydrogen) atoms. The molecule has 0 aliphatic rings. The molecule has 8 nitrogen and oxygen atoms in total. The minimum Gasteiger partial charge on any atom is -0.469 e. The Balaban J connectivity index is -0.000000359. The first-order chi connectivity index (χ1) is 13.0. The standard InChI is InChI=1S/C8H14O4.C7H14O2.C6H12O2/c1-5(11-7(3)9)6(2)12-8(4)10;1-5(2)6(3)7(8)9-4;1-6(2,3)5(7)8-4/h5-6H,1-4H3;5-6H,1-4H3;1-4H3. The fourth-order valence-corrected chi connectivity index (χ4v) is 1.48. The molecule has 0 spiro atoms. The van der Waals surface area contributed by atoms with E-state index in [9.17, 15) is 19.2 Å². The van der Waals surface area contributed by atoms with Crippen molar-refractivity contribution in [2.45, 2.75) is 81.4 Å². The van der Waals surface area contributed by atoms with Crippen LogP contribution in [0.2, 0.25) is 0 Å². The molecule has 172 valence electrons. The minimum absolute atomic E-state index is 0.0231. The SMILES string of the molecule is CC(=O)OC(C)C(C)OC(C)=O.COC(=O)C(C)(C)C.COC(=O)C(C)C(C)C. The van der Waals surface area contributed by atoms with E-state index in [1.165, 1.54) is 28.1 Å². The van der Waals surface area contributed by atoms with Crippen molar-refractivity contribution in [3.63, 3.8) is 0 Å². The highest BCUT2D eigenvalue weighted by atomic mass is 16.6. The summed E-state index contributed by atoms with van der Waals surface area (Å²) >= 11 is 0. The molecule has 0 rings (SSSR count). The molecule has 0 aromatic rings. The second-order valence-electron chi connectivity index (χ2n) is 7.93. The van der Waals surface area contributed by atoms with Gasteiger partial charge in [-0.05, 0) is 40.5 Å². The van der Waals surface area contributed by atoms with Crippen molar-refractivity contribution in [2.24, 2.45) is 17.3 Å². The highest BCUT2D eigenvalue weighted by molar-refractivity contribution is 5.75. The second kappa shape index (κ2) is 15.8. The fraction of sp³-hybridized carbons (Fsp3) is 0.810. The molecule has 0 saturated heterocycles. The van der Waals surface area contributed by atoms with E-state index in [-0.39, 0.29) is 35.2 Å². The molecule has 0 aromatic heterocycles. The van der Waals surface area contributed by atoms with Gasteiger partial charge in [0.15, 0.2) is 0 Å². The predicted molar refractivity (Wildman–Crippen MR) is 110 cm³/mol. The van der Waals surface area contributed by atoms with E-state index >= 15 is 0 Å². The van der Waals surface area contributed by atoms with Crippen molar-refractivity contribution in [2.75, 3.05) is 14.2 Å². The zero-order chi connectivity index (χ0) is 23.9. The van der Waals surface area contributed by atoms with Crippen LogP contribution in [0.1, 0.15) is 69.2 Å². The summed E-state index contributed by atoms with van der Waals surface area (Å²) in [5.74, 6) is -0.641. The second-order valence-corrected chi connectivity index (χ2v) is 7.93. The normalized spacial score (nSPS) is 13.3. The van der Waals surface area contributed by atoms with Crippen molar-refractivity contribution in [3.05, 3.63) is 0 Å². The van der Waals surface area contributed by atoms with Crippen molar-refractivity contribution in [1.82, 2.24) is 0 Å². The third-order valence-corrected chi connectivity index (χ3v) is 3.74. The third-order valence-electron chi connectivity index (χ3n) is 3.74.